The largest absolute Gasteiger partial charge is 0.448 e. The van der Waals surface area contributed by atoms with Crippen LogP contribution in [0.2, 0.25) is 0 Å². The molecule has 0 saturated carbocycles. The number of benzene rings is 2. The number of ether oxygens (including phenoxy) is 1. The number of rotatable bonds is 7. The molecule has 1 saturated heterocycles. The minimum Gasteiger partial charge on any atom is -0.448 e. The summed E-state index contributed by atoms with van der Waals surface area (Å²) in [6, 6.07) is 11.3. The van der Waals surface area contributed by atoms with E-state index in [0.29, 0.717) is 18.8 Å². The summed E-state index contributed by atoms with van der Waals surface area (Å²) in [7, 11) is 2.09. The zero-order valence-corrected chi connectivity index (χ0v) is 19.4. The first kappa shape index (κ1) is 24.5. The van der Waals surface area contributed by atoms with E-state index >= 15 is 0 Å². The Morgan fingerprint density at radius 1 is 1.06 bits per heavy atom. The molecule has 1 N–H and O–H groups in total. The van der Waals surface area contributed by atoms with Crippen LogP contribution in [0.15, 0.2) is 59.5 Å². The van der Waals surface area contributed by atoms with Gasteiger partial charge in [0.2, 0.25) is 5.43 Å². The Balaban J connectivity index is 1.36. The van der Waals surface area contributed by atoms with Crippen LogP contribution in [-0.2, 0) is 11.2 Å². The molecule has 2 aromatic carbocycles. The lowest BCUT2D eigenvalue weighted by atomic mass is 10.1. The molecule has 35 heavy (non-hydrogen) atoms. The molecule has 184 valence electrons. The molecule has 2 heterocycles. The molecule has 0 aliphatic carbocycles. The van der Waals surface area contributed by atoms with E-state index in [0.717, 1.165) is 49.9 Å². The molecular formula is C25H27F2N5O3. The predicted molar refractivity (Wildman–Crippen MR) is 128 cm³/mol. The van der Waals surface area contributed by atoms with Gasteiger partial charge < -0.3 is 9.64 Å². The summed E-state index contributed by atoms with van der Waals surface area (Å²) in [5, 5.41) is 6.95. The van der Waals surface area contributed by atoms with Gasteiger partial charge in [0.15, 0.2) is 0 Å². The van der Waals surface area contributed by atoms with Crippen molar-refractivity contribution in [3.63, 3.8) is 0 Å². The lowest BCUT2D eigenvalue weighted by Crippen LogP contribution is -2.45. The van der Waals surface area contributed by atoms with Crippen LogP contribution in [0.4, 0.5) is 19.3 Å². The molecule has 0 bridgehead atoms. The van der Waals surface area contributed by atoms with Crippen molar-refractivity contribution in [2.45, 2.75) is 6.42 Å². The quantitative estimate of drug-likeness (QED) is 0.557. The standard InChI is InChI=1S/C25H27F2N5O3/c1-30-7-9-31(10-8-30)11-12-35-25(34)28-21-4-2-3-18(13-21)14-23-24(33)5-6-32(29-23)22-16-19(26)15-20(27)17-22/h2-6,13,15-17H,7-12,14H2,1H3,(H,28,34). The molecule has 1 aliphatic rings. The molecule has 0 unspecified atom stereocenters. The number of likely N-dealkylation sites (N-methyl/N-ethyl adjacent to an activating group) is 1. The molecule has 1 fully saturated rings. The lowest BCUT2D eigenvalue weighted by Gasteiger charge is -2.31. The van der Waals surface area contributed by atoms with Gasteiger partial charge in [-0.3, -0.25) is 15.0 Å². The van der Waals surface area contributed by atoms with E-state index in [-0.39, 0.29) is 23.2 Å². The normalized spacial score (nSPS) is 14.6. The van der Waals surface area contributed by atoms with Crippen LogP contribution in [0, 0.1) is 11.6 Å². The highest BCUT2D eigenvalue weighted by atomic mass is 19.1. The Labute approximate surface area is 201 Å². The molecule has 1 aliphatic heterocycles. The molecule has 10 heteroatoms. The van der Waals surface area contributed by atoms with Crippen LogP contribution in [0.5, 0.6) is 0 Å². The fraction of sp³-hybridized carbons (Fsp3) is 0.320. The molecule has 1 amide bonds. The second kappa shape index (κ2) is 11.2. The maximum atomic E-state index is 13.6. The van der Waals surface area contributed by atoms with Crippen molar-refractivity contribution in [3.8, 4) is 5.69 Å². The average Bonchev–Trinajstić information content (AvgIpc) is 2.81. The molecule has 0 radical (unpaired) electrons. The van der Waals surface area contributed by atoms with E-state index in [9.17, 15) is 18.4 Å². The number of nitrogens with zero attached hydrogens (tertiary/aromatic N) is 4. The molecule has 8 nitrogen and oxygen atoms in total. The minimum absolute atomic E-state index is 0.165. The van der Waals surface area contributed by atoms with Crippen molar-refractivity contribution in [2.75, 3.05) is 51.7 Å². The number of aromatic nitrogens is 2. The highest BCUT2D eigenvalue weighted by Crippen LogP contribution is 2.15. The number of hydrogen-bond donors (Lipinski definition) is 1. The number of hydrogen-bond acceptors (Lipinski definition) is 6. The van der Waals surface area contributed by atoms with E-state index < -0.39 is 17.7 Å². The molecule has 1 aromatic heterocycles. The van der Waals surface area contributed by atoms with Gasteiger partial charge in [-0.05, 0) is 36.9 Å². The zero-order chi connectivity index (χ0) is 24.8. The Hall–Kier alpha value is -3.63. The minimum atomic E-state index is -0.740. The number of carbonyl (C=O) groups is 1. The average molecular weight is 484 g/mol. The molecular weight excluding hydrogens is 456 g/mol. The first-order valence-corrected chi connectivity index (χ1v) is 11.3. The van der Waals surface area contributed by atoms with E-state index in [1.165, 1.54) is 16.9 Å². The highest BCUT2D eigenvalue weighted by Gasteiger charge is 2.14. The lowest BCUT2D eigenvalue weighted by molar-refractivity contribution is 0.111. The summed E-state index contributed by atoms with van der Waals surface area (Å²) in [6.07, 6.45) is 0.978. The van der Waals surface area contributed by atoms with Crippen LogP contribution in [0.25, 0.3) is 5.69 Å². The van der Waals surface area contributed by atoms with E-state index in [2.05, 4.69) is 27.3 Å². The number of anilines is 1. The second-order valence-electron chi connectivity index (χ2n) is 8.48. The molecule has 4 rings (SSSR count). The zero-order valence-electron chi connectivity index (χ0n) is 19.4. The van der Waals surface area contributed by atoms with E-state index in [1.807, 2.05) is 0 Å². The van der Waals surface area contributed by atoms with Crippen molar-refractivity contribution in [1.29, 1.82) is 0 Å². The topological polar surface area (TPSA) is 79.7 Å². The van der Waals surface area contributed by atoms with Gasteiger partial charge in [-0.2, -0.15) is 5.10 Å². The van der Waals surface area contributed by atoms with Gasteiger partial charge in [-0.25, -0.2) is 18.3 Å². The summed E-state index contributed by atoms with van der Waals surface area (Å²) < 4.78 is 33.7. The summed E-state index contributed by atoms with van der Waals surface area (Å²) in [6.45, 7) is 4.88. The van der Waals surface area contributed by atoms with Gasteiger partial charge in [-0.15, -0.1) is 0 Å². The van der Waals surface area contributed by atoms with Gasteiger partial charge in [-0.1, -0.05) is 12.1 Å². The Morgan fingerprint density at radius 2 is 1.80 bits per heavy atom. The third kappa shape index (κ3) is 6.93. The van der Waals surface area contributed by atoms with Gasteiger partial charge in [0.05, 0.1) is 5.69 Å². The van der Waals surface area contributed by atoms with Gasteiger partial charge in [0.25, 0.3) is 0 Å². The van der Waals surface area contributed by atoms with Crippen LogP contribution in [-0.4, -0.2) is 72.1 Å². The Morgan fingerprint density at radius 3 is 2.54 bits per heavy atom. The first-order valence-electron chi connectivity index (χ1n) is 11.3. The maximum Gasteiger partial charge on any atom is 0.411 e. The van der Waals surface area contributed by atoms with Crippen molar-refractivity contribution in [2.24, 2.45) is 0 Å². The van der Waals surface area contributed by atoms with Crippen LogP contribution < -0.4 is 10.7 Å². The van der Waals surface area contributed by atoms with Crippen molar-refractivity contribution in [3.05, 3.63) is 87.8 Å². The summed E-state index contributed by atoms with van der Waals surface area (Å²) in [4.78, 5) is 29.1. The molecule has 0 spiro atoms. The second-order valence-corrected chi connectivity index (χ2v) is 8.48. The number of nitrogens with one attached hydrogen (secondary N) is 1. The van der Waals surface area contributed by atoms with Crippen molar-refractivity contribution >= 4 is 11.8 Å². The summed E-state index contributed by atoms with van der Waals surface area (Å²) in [5.74, 6) is -1.48. The van der Waals surface area contributed by atoms with Crippen molar-refractivity contribution in [1.82, 2.24) is 19.6 Å². The first-order chi connectivity index (χ1) is 16.9. The maximum absolute atomic E-state index is 13.6. The SMILES string of the molecule is CN1CCN(CCOC(=O)Nc2cccc(Cc3nn(-c4cc(F)cc(F)c4)ccc3=O)c2)CC1. The van der Waals surface area contributed by atoms with E-state index in [1.54, 1.807) is 24.3 Å². The van der Waals surface area contributed by atoms with Gasteiger partial charge in [0.1, 0.15) is 23.9 Å². The number of piperazine rings is 1. The smallest absolute Gasteiger partial charge is 0.411 e. The van der Waals surface area contributed by atoms with Crippen molar-refractivity contribution < 1.29 is 18.3 Å². The Bertz CT molecular complexity index is 1220. The Kier molecular flexibility index (Phi) is 7.84. The van der Waals surface area contributed by atoms with Gasteiger partial charge >= 0.3 is 6.09 Å². The number of amides is 1. The predicted octanol–water partition coefficient (Wildman–Crippen LogP) is 2.90. The van der Waals surface area contributed by atoms with Crippen LogP contribution >= 0.6 is 0 Å². The molecule has 3 aromatic rings. The number of carbonyl (C=O) groups excluding carboxylic acids is 1. The summed E-state index contributed by atoms with van der Waals surface area (Å²) >= 11 is 0. The van der Waals surface area contributed by atoms with Gasteiger partial charge in [0, 0.05) is 63.2 Å². The summed E-state index contributed by atoms with van der Waals surface area (Å²) in [5.41, 5.74) is 1.31. The third-order valence-electron chi connectivity index (χ3n) is 5.77. The monoisotopic (exact) mass is 483 g/mol. The highest BCUT2D eigenvalue weighted by molar-refractivity contribution is 5.84. The fourth-order valence-electron chi connectivity index (χ4n) is 3.83. The fourth-order valence-corrected chi connectivity index (χ4v) is 3.83. The van der Waals surface area contributed by atoms with Crippen LogP contribution in [0.1, 0.15) is 11.3 Å². The van der Waals surface area contributed by atoms with E-state index in [4.69, 9.17) is 4.74 Å². The molecule has 0 atom stereocenters. The number of halogens is 2. The van der Waals surface area contributed by atoms with Crippen LogP contribution in [0.3, 0.4) is 0 Å². The third-order valence-corrected chi connectivity index (χ3v) is 5.77.